The minimum atomic E-state index is -1.46. The third kappa shape index (κ3) is 12.1. The fourth-order valence-electron chi connectivity index (χ4n) is 6.12. The Labute approximate surface area is 274 Å². The largest absolute Gasteiger partial charge is 0.480 e. The fourth-order valence-corrected chi connectivity index (χ4v) is 6.12. The summed E-state index contributed by atoms with van der Waals surface area (Å²) in [5.41, 5.74) is -0.00747. The molecule has 14 heteroatoms. The number of nitrogens with zero attached hydrogens (tertiary/aromatic N) is 1. The standard InChI is InChI=1S/C33H48N4O10/c1-33(2,3)47-32(45)36-23(14-9-10-18-34-31(44)46-20-21-11-5-4-6-12-21)28(39)35-24(29(40)41)16-17-27(38)37-25-15-8-7-13-22(25)19-26(37)30(42)43/h4-6,11-12,22-26H,7-10,13-20H2,1-3H3,(H,34,44)(H,35,39)(H,36,45)(H,40,41)(H,42,43)/t22-,23-,24+,25-,26-/m0/s1. The van der Waals surface area contributed by atoms with Crippen LogP contribution in [0.15, 0.2) is 30.3 Å². The van der Waals surface area contributed by atoms with Crippen LogP contribution < -0.4 is 16.0 Å². The second-order valence-corrected chi connectivity index (χ2v) is 13.1. The molecule has 1 saturated heterocycles. The highest BCUT2D eigenvalue weighted by Gasteiger charge is 2.47. The van der Waals surface area contributed by atoms with Crippen molar-refractivity contribution >= 4 is 35.9 Å². The molecule has 2 fully saturated rings. The van der Waals surface area contributed by atoms with Gasteiger partial charge in [-0.1, -0.05) is 43.2 Å². The summed E-state index contributed by atoms with van der Waals surface area (Å²) in [6.45, 7) is 5.33. The number of rotatable bonds is 15. The molecule has 1 aliphatic heterocycles. The highest BCUT2D eigenvalue weighted by atomic mass is 16.6. The maximum absolute atomic E-state index is 13.3. The zero-order chi connectivity index (χ0) is 34.6. The Hall–Kier alpha value is -4.36. The van der Waals surface area contributed by atoms with Gasteiger partial charge in [0.1, 0.15) is 30.3 Å². The van der Waals surface area contributed by atoms with E-state index in [0.717, 1.165) is 24.8 Å². The van der Waals surface area contributed by atoms with Gasteiger partial charge < -0.3 is 40.5 Å². The molecule has 5 atom stereocenters. The van der Waals surface area contributed by atoms with E-state index in [1.807, 2.05) is 30.3 Å². The van der Waals surface area contributed by atoms with Crippen molar-refractivity contribution in [2.75, 3.05) is 6.54 Å². The van der Waals surface area contributed by atoms with Crippen molar-refractivity contribution in [1.29, 1.82) is 0 Å². The van der Waals surface area contributed by atoms with Gasteiger partial charge in [-0.15, -0.1) is 0 Å². The van der Waals surface area contributed by atoms with Crippen molar-refractivity contribution in [1.82, 2.24) is 20.9 Å². The number of unbranched alkanes of at least 4 members (excludes halogenated alkanes) is 1. The first kappa shape index (κ1) is 37.1. The number of alkyl carbamates (subject to hydrolysis) is 2. The first-order valence-electron chi connectivity index (χ1n) is 16.3. The molecule has 1 saturated carbocycles. The fraction of sp³-hybridized carbons (Fsp3) is 0.636. The van der Waals surface area contributed by atoms with Gasteiger partial charge >= 0.3 is 24.1 Å². The van der Waals surface area contributed by atoms with E-state index >= 15 is 0 Å². The van der Waals surface area contributed by atoms with E-state index in [-0.39, 0.29) is 44.4 Å². The first-order chi connectivity index (χ1) is 22.2. The number of hydrogen-bond donors (Lipinski definition) is 5. The number of likely N-dealkylation sites (tertiary alicyclic amines) is 1. The normalized spacial score (nSPS) is 20.2. The maximum atomic E-state index is 13.3. The molecule has 260 valence electrons. The number of fused-ring (bicyclic) bond motifs is 1. The van der Waals surface area contributed by atoms with Gasteiger partial charge in [0.15, 0.2) is 0 Å². The summed E-state index contributed by atoms with van der Waals surface area (Å²) in [5, 5.41) is 27.2. The number of benzene rings is 1. The molecule has 4 amide bonds. The van der Waals surface area contributed by atoms with Crippen LogP contribution >= 0.6 is 0 Å². The SMILES string of the molecule is CC(C)(C)OC(=O)N[C@@H](CCCCNC(=O)OCc1ccccc1)C(=O)N[C@H](CCC(=O)N1[C@H](C(=O)O)C[C@@H]2CCCC[C@@H]21)C(=O)O. The van der Waals surface area contributed by atoms with Gasteiger partial charge in [0.2, 0.25) is 11.8 Å². The molecule has 47 heavy (non-hydrogen) atoms. The molecule has 1 aliphatic carbocycles. The lowest BCUT2D eigenvalue weighted by Gasteiger charge is -2.33. The Balaban J connectivity index is 1.54. The minimum absolute atomic E-state index is 0.105. The van der Waals surface area contributed by atoms with Gasteiger partial charge in [-0.3, -0.25) is 9.59 Å². The summed E-state index contributed by atoms with van der Waals surface area (Å²) >= 11 is 0. The quantitative estimate of drug-likeness (QED) is 0.173. The van der Waals surface area contributed by atoms with Crippen LogP contribution in [0.25, 0.3) is 0 Å². The maximum Gasteiger partial charge on any atom is 0.408 e. The first-order valence-corrected chi connectivity index (χ1v) is 16.3. The topological polar surface area (TPSA) is 201 Å². The molecule has 3 rings (SSSR count). The van der Waals surface area contributed by atoms with Crippen molar-refractivity contribution in [3.63, 3.8) is 0 Å². The average molecular weight is 661 g/mol. The Morgan fingerprint density at radius 3 is 2.28 bits per heavy atom. The number of carbonyl (C=O) groups excluding carboxylic acids is 4. The van der Waals surface area contributed by atoms with E-state index in [4.69, 9.17) is 9.47 Å². The van der Waals surface area contributed by atoms with Crippen molar-refractivity contribution in [3.8, 4) is 0 Å². The molecule has 0 aromatic heterocycles. The van der Waals surface area contributed by atoms with Crippen LogP contribution in [0.3, 0.4) is 0 Å². The predicted octanol–water partition coefficient (Wildman–Crippen LogP) is 3.57. The molecule has 0 bridgehead atoms. The molecule has 14 nitrogen and oxygen atoms in total. The molecule has 1 aromatic rings. The Kier molecular flexibility index (Phi) is 13.8. The summed E-state index contributed by atoms with van der Waals surface area (Å²) in [4.78, 5) is 76.5. The minimum Gasteiger partial charge on any atom is -0.480 e. The number of ether oxygens (including phenoxy) is 2. The van der Waals surface area contributed by atoms with Crippen LogP contribution in [-0.4, -0.2) is 87.4 Å². The van der Waals surface area contributed by atoms with Crippen LogP contribution in [0.1, 0.15) is 90.5 Å². The number of carbonyl (C=O) groups is 6. The van der Waals surface area contributed by atoms with Gasteiger partial charge in [-0.25, -0.2) is 19.2 Å². The van der Waals surface area contributed by atoms with Gasteiger partial charge in [0.25, 0.3) is 0 Å². The summed E-state index contributed by atoms with van der Waals surface area (Å²) in [6, 6.07) is 5.44. The lowest BCUT2D eigenvalue weighted by molar-refractivity contribution is -0.150. The van der Waals surface area contributed by atoms with Crippen LogP contribution in [0, 0.1) is 5.92 Å². The molecular formula is C33H48N4O10. The highest BCUT2D eigenvalue weighted by molar-refractivity contribution is 5.90. The number of hydrogen-bond acceptors (Lipinski definition) is 8. The highest BCUT2D eigenvalue weighted by Crippen LogP contribution is 2.40. The Bertz CT molecular complexity index is 1250. The van der Waals surface area contributed by atoms with Crippen LogP contribution in [0.5, 0.6) is 0 Å². The predicted molar refractivity (Wildman–Crippen MR) is 169 cm³/mol. The molecule has 0 radical (unpaired) electrons. The third-order valence-electron chi connectivity index (χ3n) is 8.33. The second-order valence-electron chi connectivity index (χ2n) is 13.1. The zero-order valence-corrected chi connectivity index (χ0v) is 27.4. The van der Waals surface area contributed by atoms with E-state index in [2.05, 4.69) is 16.0 Å². The molecule has 2 aliphatic rings. The smallest absolute Gasteiger partial charge is 0.408 e. The second kappa shape index (κ2) is 17.5. The Morgan fingerprint density at radius 2 is 1.62 bits per heavy atom. The number of aliphatic carboxylic acids is 2. The molecule has 0 spiro atoms. The van der Waals surface area contributed by atoms with Gasteiger partial charge in [0.05, 0.1) is 0 Å². The van der Waals surface area contributed by atoms with Gasteiger partial charge in [-0.2, -0.15) is 0 Å². The van der Waals surface area contributed by atoms with Crippen molar-refractivity contribution in [2.45, 2.75) is 121 Å². The molecular weight excluding hydrogens is 612 g/mol. The van der Waals surface area contributed by atoms with E-state index in [0.29, 0.717) is 25.7 Å². The van der Waals surface area contributed by atoms with Gasteiger partial charge in [0, 0.05) is 19.0 Å². The monoisotopic (exact) mass is 660 g/mol. The lowest BCUT2D eigenvalue weighted by atomic mass is 9.84. The molecule has 1 aromatic carbocycles. The van der Waals surface area contributed by atoms with Crippen LogP contribution in [0.4, 0.5) is 9.59 Å². The molecule has 5 N–H and O–H groups in total. The van der Waals surface area contributed by atoms with Crippen molar-refractivity contribution in [2.24, 2.45) is 5.92 Å². The number of nitrogens with one attached hydrogen (secondary N) is 3. The van der Waals surface area contributed by atoms with E-state index < -0.39 is 59.7 Å². The summed E-state index contributed by atoms with van der Waals surface area (Å²) in [7, 11) is 0. The molecule has 1 heterocycles. The van der Waals surface area contributed by atoms with Crippen LogP contribution in [0.2, 0.25) is 0 Å². The van der Waals surface area contributed by atoms with E-state index in [1.165, 1.54) is 4.90 Å². The third-order valence-corrected chi connectivity index (χ3v) is 8.33. The zero-order valence-electron chi connectivity index (χ0n) is 27.4. The van der Waals surface area contributed by atoms with Crippen LogP contribution in [-0.2, 0) is 35.3 Å². The lowest BCUT2D eigenvalue weighted by Crippen LogP contribution is -2.52. The number of amides is 4. The molecule has 0 unspecified atom stereocenters. The number of carboxylic acids is 2. The summed E-state index contributed by atoms with van der Waals surface area (Å²) in [6.07, 6.45) is 2.75. The summed E-state index contributed by atoms with van der Waals surface area (Å²) < 4.78 is 10.5. The summed E-state index contributed by atoms with van der Waals surface area (Å²) in [5.74, 6) is -3.56. The van der Waals surface area contributed by atoms with Crippen molar-refractivity contribution in [3.05, 3.63) is 35.9 Å². The Morgan fingerprint density at radius 1 is 0.915 bits per heavy atom. The van der Waals surface area contributed by atoms with E-state index in [9.17, 15) is 39.0 Å². The number of carboxylic acid groups (broad SMARTS) is 2. The average Bonchev–Trinajstić information content (AvgIpc) is 3.41. The van der Waals surface area contributed by atoms with Gasteiger partial charge in [-0.05, 0) is 77.2 Å². The van der Waals surface area contributed by atoms with E-state index in [1.54, 1.807) is 20.8 Å². The van der Waals surface area contributed by atoms with Crippen molar-refractivity contribution < 1.29 is 48.5 Å².